The number of hydrogen-bond donors (Lipinski definition) is 3. The first kappa shape index (κ1) is 40.3. The van der Waals surface area contributed by atoms with E-state index >= 15 is 0 Å². The number of esters is 1. The fourth-order valence-electron chi connectivity index (χ4n) is 5.94. The molecule has 1 amide bonds. The number of halogens is 4. The quantitative estimate of drug-likeness (QED) is 0.126. The lowest BCUT2D eigenvalue weighted by atomic mass is 9.93. The molecule has 0 saturated carbocycles. The van der Waals surface area contributed by atoms with Crippen molar-refractivity contribution < 1.29 is 54.9 Å². The number of carbonyl (C=O) groups is 3. The van der Waals surface area contributed by atoms with E-state index in [1.807, 2.05) is 6.07 Å². The summed E-state index contributed by atoms with van der Waals surface area (Å²) in [7, 11) is -2.53. The first-order valence-corrected chi connectivity index (χ1v) is 17.8. The van der Waals surface area contributed by atoms with E-state index in [0.29, 0.717) is 22.6 Å². The van der Waals surface area contributed by atoms with Crippen molar-refractivity contribution in [2.45, 2.75) is 55.6 Å². The standard InChI is InChI=1S/C34H37FN4O6S.C2HF3O2/c1-5-45-28-19-22(10-13-27(28)35)30(38-23-11-12-24-21(18-23)14-16-37-32(24)36)33(40)39-17-15-26(34(41)44-4)31(39)25-8-6-7-9-29(25)46(42,43)20(2)3;3-2(4,5)1(6)7/h6-14,16,18-20,26,30-31,38H,5,15,17H2,1-4H3,(H2,36,37);(H,6,7). The number of hydrogen-bond acceptors (Lipinski definition) is 10. The smallest absolute Gasteiger partial charge is 0.490 e. The van der Waals surface area contributed by atoms with Crippen molar-refractivity contribution >= 4 is 50.0 Å². The second kappa shape index (κ2) is 16.5. The largest absolute Gasteiger partial charge is 0.491 e. The second-order valence-corrected chi connectivity index (χ2v) is 14.6. The summed E-state index contributed by atoms with van der Waals surface area (Å²) in [4.78, 5) is 42.4. The number of alkyl halides is 3. The third-order valence-electron chi connectivity index (χ3n) is 8.53. The van der Waals surface area contributed by atoms with Gasteiger partial charge in [0.2, 0.25) is 5.91 Å². The van der Waals surface area contributed by atoms with Crippen molar-refractivity contribution in [1.29, 1.82) is 0 Å². The molecule has 4 N–H and O–H groups in total. The third kappa shape index (κ3) is 8.96. The van der Waals surface area contributed by atoms with E-state index in [4.69, 9.17) is 25.1 Å². The highest BCUT2D eigenvalue weighted by Crippen LogP contribution is 2.43. The first-order valence-electron chi connectivity index (χ1n) is 16.3. The van der Waals surface area contributed by atoms with Crippen molar-refractivity contribution in [3.05, 3.63) is 89.9 Å². The molecule has 0 aliphatic carbocycles. The number of rotatable bonds is 10. The molecule has 3 unspecified atom stereocenters. The van der Waals surface area contributed by atoms with Gasteiger partial charge >= 0.3 is 18.1 Å². The van der Waals surface area contributed by atoms with Crippen LogP contribution >= 0.6 is 0 Å². The number of benzene rings is 3. The van der Waals surface area contributed by atoms with Gasteiger partial charge in [-0.15, -0.1) is 0 Å². The maximum atomic E-state index is 14.8. The van der Waals surface area contributed by atoms with Crippen LogP contribution in [0.3, 0.4) is 0 Å². The minimum atomic E-state index is -5.08. The number of nitrogen functional groups attached to an aromatic ring is 1. The number of carboxylic acid groups (broad SMARTS) is 1. The Kier molecular flexibility index (Phi) is 12.5. The minimum absolute atomic E-state index is 0.0178. The summed E-state index contributed by atoms with van der Waals surface area (Å²) in [5, 5.41) is 11.2. The van der Waals surface area contributed by atoms with Gasteiger partial charge in [-0.05, 0) is 86.2 Å². The van der Waals surface area contributed by atoms with Crippen LogP contribution in [-0.4, -0.2) is 72.9 Å². The highest BCUT2D eigenvalue weighted by molar-refractivity contribution is 7.92. The zero-order chi connectivity index (χ0) is 39.2. The minimum Gasteiger partial charge on any atom is -0.491 e. The Morgan fingerprint density at radius 2 is 1.75 bits per heavy atom. The van der Waals surface area contributed by atoms with Crippen LogP contribution in [-0.2, 0) is 29.0 Å². The highest BCUT2D eigenvalue weighted by atomic mass is 32.2. The maximum Gasteiger partial charge on any atom is 0.490 e. The van der Waals surface area contributed by atoms with E-state index in [-0.39, 0.29) is 30.2 Å². The van der Waals surface area contributed by atoms with Gasteiger partial charge in [0, 0.05) is 23.8 Å². The van der Waals surface area contributed by atoms with Crippen LogP contribution in [0.5, 0.6) is 5.75 Å². The summed E-state index contributed by atoms with van der Waals surface area (Å²) < 4.78 is 84.0. The van der Waals surface area contributed by atoms with Gasteiger partial charge in [0.1, 0.15) is 11.9 Å². The van der Waals surface area contributed by atoms with Gasteiger partial charge in [-0.25, -0.2) is 22.6 Å². The number of methoxy groups -OCH3 is 1. The number of aliphatic carboxylic acids is 1. The van der Waals surface area contributed by atoms with Crippen LogP contribution in [0.15, 0.2) is 77.8 Å². The number of likely N-dealkylation sites (tertiary alicyclic amines) is 1. The number of amides is 1. The Morgan fingerprint density at radius 3 is 2.38 bits per heavy atom. The van der Waals surface area contributed by atoms with Crippen LogP contribution in [0, 0.1) is 11.7 Å². The molecule has 0 radical (unpaired) electrons. The number of carboxylic acids is 1. The average Bonchev–Trinajstić information content (AvgIpc) is 3.56. The van der Waals surface area contributed by atoms with Crippen LogP contribution in [0.4, 0.5) is 29.1 Å². The molecule has 2 heterocycles. The molecular weight excluding hydrogens is 724 g/mol. The molecule has 53 heavy (non-hydrogen) atoms. The predicted molar refractivity (Wildman–Crippen MR) is 187 cm³/mol. The number of anilines is 2. The first-order chi connectivity index (χ1) is 24.9. The van der Waals surface area contributed by atoms with E-state index in [1.54, 1.807) is 63.4 Å². The number of sulfone groups is 1. The van der Waals surface area contributed by atoms with Crippen molar-refractivity contribution in [3.8, 4) is 5.75 Å². The molecule has 1 aromatic heterocycles. The van der Waals surface area contributed by atoms with E-state index in [0.717, 1.165) is 10.8 Å². The third-order valence-corrected chi connectivity index (χ3v) is 10.8. The lowest BCUT2D eigenvalue weighted by molar-refractivity contribution is -0.192. The number of nitrogens with one attached hydrogen (secondary N) is 1. The maximum absolute atomic E-state index is 14.8. The summed E-state index contributed by atoms with van der Waals surface area (Å²) in [6.45, 7) is 5.25. The molecule has 1 saturated heterocycles. The monoisotopic (exact) mass is 762 g/mol. The van der Waals surface area contributed by atoms with Crippen LogP contribution in [0.25, 0.3) is 10.8 Å². The van der Waals surface area contributed by atoms with Gasteiger partial charge in [0.15, 0.2) is 21.4 Å². The number of nitrogens with zero attached hydrogens (tertiary/aromatic N) is 2. The Bertz CT molecular complexity index is 2100. The summed E-state index contributed by atoms with van der Waals surface area (Å²) >= 11 is 0. The van der Waals surface area contributed by atoms with Crippen LogP contribution < -0.4 is 15.8 Å². The lowest BCUT2D eigenvalue weighted by Crippen LogP contribution is -2.40. The Labute approximate surface area is 302 Å². The molecule has 5 rings (SSSR count). The van der Waals surface area contributed by atoms with E-state index < -0.39 is 62.9 Å². The second-order valence-electron chi connectivity index (χ2n) is 12.2. The molecule has 1 aliphatic heterocycles. The molecule has 1 aliphatic rings. The van der Waals surface area contributed by atoms with Crippen molar-refractivity contribution in [3.63, 3.8) is 0 Å². The van der Waals surface area contributed by atoms with Gasteiger partial charge in [0.05, 0.1) is 35.8 Å². The summed E-state index contributed by atoms with van der Waals surface area (Å²) in [6.07, 6.45) is -3.25. The van der Waals surface area contributed by atoms with Crippen molar-refractivity contribution in [2.75, 3.05) is 31.3 Å². The fraction of sp³-hybridized carbons (Fsp3) is 0.333. The number of aromatic nitrogens is 1. The predicted octanol–water partition coefficient (Wildman–Crippen LogP) is 6.09. The molecule has 0 bridgehead atoms. The van der Waals surface area contributed by atoms with Crippen LogP contribution in [0.1, 0.15) is 50.4 Å². The molecule has 1 fully saturated rings. The molecule has 3 aromatic carbocycles. The van der Waals surface area contributed by atoms with Crippen molar-refractivity contribution in [2.24, 2.45) is 5.92 Å². The summed E-state index contributed by atoms with van der Waals surface area (Å²) in [5.74, 6) is -4.81. The van der Waals surface area contributed by atoms with Crippen molar-refractivity contribution in [1.82, 2.24) is 9.88 Å². The molecule has 17 heteroatoms. The summed E-state index contributed by atoms with van der Waals surface area (Å²) in [6, 6.07) is 15.8. The van der Waals surface area contributed by atoms with Gasteiger partial charge in [-0.2, -0.15) is 13.2 Å². The molecule has 3 atom stereocenters. The SMILES string of the molecule is CCOc1cc(C(Nc2ccc3c(N)nccc3c2)C(=O)N2CCC(C(=O)OC)C2c2ccccc2S(=O)(=O)C(C)C)ccc1F.O=C(O)C(F)(F)F. The number of ether oxygens (including phenoxy) is 2. The van der Waals surface area contributed by atoms with Gasteiger partial charge in [0.25, 0.3) is 0 Å². The Hall–Kier alpha value is -5.45. The van der Waals surface area contributed by atoms with E-state index in [1.165, 1.54) is 36.3 Å². The molecule has 0 spiro atoms. The average molecular weight is 763 g/mol. The Balaban J connectivity index is 0.000000815. The molecule has 284 valence electrons. The molecule has 12 nitrogen and oxygen atoms in total. The lowest BCUT2D eigenvalue weighted by Gasteiger charge is -2.33. The zero-order valence-corrected chi connectivity index (χ0v) is 29.9. The number of carbonyl (C=O) groups excluding carboxylic acids is 2. The van der Waals surface area contributed by atoms with E-state index in [9.17, 15) is 35.6 Å². The van der Waals surface area contributed by atoms with Crippen LogP contribution in [0.2, 0.25) is 0 Å². The molecule has 4 aromatic rings. The summed E-state index contributed by atoms with van der Waals surface area (Å²) in [5.41, 5.74) is 7.36. The normalized spacial score (nSPS) is 16.4. The Morgan fingerprint density at radius 1 is 1.08 bits per heavy atom. The number of fused-ring (bicyclic) bond motifs is 1. The van der Waals surface area contributed by atoms with Gasteiger partial charge in [-0.1, -0.05) is 24.3 Å². The number of pyridine rings is 1. The fourth-order valence-corrected chi connectivity index (χ4v) is 7.23. The van der Waals surface area contributed by atoms with Gasteiger partial charge < -0.3 is 30.5 Å². The zero-order valence-electron chi connectivity index (χ0n) is 29.1. The topological polar surface area (TPSA) is 178 Å². The van der Waals surface area contributed by atoms with E-state index in [2.05, 4.69) is 10.3 Å². The highest BCUT2D eigenvalue weighted by Gasteiger charge is 2.46. The number of nitrogens with two attached hydrogens (primary N) is 1. The molecular formula is C36H38F4N4O8S. The van der Waals surface area contributed by atoms with Gasteiger partial charge in [-0.3, -0.25) is 9.59 Å².